The van der Waals surface area contributed by atoms with Crippen LogP contribution in [0.3, 0.4) is 0 Å². The number of hydrogen-bond donors (Lipinski definition) is 0. The number of hydrogen-bond acceptors (Lipinski definition) is 4. The van der Waals surface area contributed by atoms with Crippen LogP contribution in [0.4, 0.5) is 4.39 Å². The van der Waals surface area contributed by atoms with Crippen LogP contribution >= 0.6 is 0 Å². The predicted octanol–water partition coefficient (Wildman–Crippen LogP) is 4.23. The largest absolute Gasteiger partial charge is 0.493 e. The van der Waals surface area contributed by atoms with Crippen LogP contribution in [0.5, 0.6) is 5.75 Å². The highest BCUT2D eigenvalue weighted by molar-refractivity contribution is 5.97. The third-order valence-electron chi connectivity index (χ3n) is 3.73. The van der Waals surface area contributed by atoms with Gasteiger partial charge in [0.25, 0.3) is 0 Å². The third-order valence-corrected chi connectivity index (χ3v) is 3.73. The summed E-state index contributed by atoms with van der Waals surface area (Å²) in [5, 5.41) is 0.688. The smallest absolute Gasteiger partial charge is 0.339 e. The van der Waals surface area contributed by atoms with Crippen molar-refractivity contribution < 1.29 is 18.7 Å². The van der Waals surface area contributed by atoms with Gasteiger partial charge in [0.15, 0.2) is 6.61 Å². The van der Waals surface area contributed by atoms with Gasteiger partial charge in [-0.15, -0.1) is 6.42 Å². The van der Waals surface area contributed by atoms with E-state index in [1.807, 2.05) is 6.92 Å². The number of ether oxygens (including phenoxy) is 2. The minimum atomic E-state index is -0.505. The predicted molar refractivity (Wildman–Crippen MR) is 97.4 cm³/mol. The van der Waals surface area contributed by atoms with Gasteiger partial charge in [0.1, 0.15) is 11.6 Å². The average Bonchev–Trinajstić information content (AvgIpc) is 2.66. The molecule has 1 heterocycles. The summed E-state index contributed by atoms with van der Waals surface area (Å²) in [5.74, 6) is 2.03. The van der Waals surface area contributed by atoms with Gasteiger partial charge in [-0.05, 0) is 49.4 Å². The Kier molecular flexibility index (Phi) is 5.14. The van der Waals surface area contributed by atoms with E-state index in [9.17, 15) is 9.18 Å². The Labute approximate surface area is 150 Å². The lowest BCUT2D eigenvalue weighted by atomic mass is 10.1. The molecule has 3 rings (SSSR count). The lowest BCUT2D eigenvalue weighted by molar-refractivity contribution is 0.0557. The maximum absolute atomic E-state index is 13.2. The van der Waals surface area contributed by atoms with E-state index in [0.717, 1.165) is 5.56 Å². The molecule has 0 radical (unpaired) electrons. The number of rotatable bonds is 5. The molecular weight excluding hydrogens is 333 g/mol. The second-order valence-electron chi connectivity index (χ2n) is 5.46. The molecule has 26 heavy (non-hydrogen) atoms. The number of terminal acetylenes is 1. The van der Waals surface area contributed by atoms with Gasteiger partial charge in [0, 0.05) is 17.0 Å². The summed E-state index contributed by atoms with van der Waals surface area (Å²) in [4.78, 5) is 16.6. The van der Waals surface area contributed by atoms with Crippen molar-refractivity contribution in [1.29, 1.82) is 0 Å². The Morgan fingerprint density at radius 2 is 1.96 bits per heavy atom. The number of pyridine rings is 1. The minimum Gasteiger partial charge on any atom is -0.493 e. The molecule has 0 aliphatic heterocycles. The number of carbonyl (C=O) groups is 1. The first-order valence-electron chi connectivity index (χ1n) is 8.06. The highest BCUT2D eigenvalue weighted by atomic mass is 19.1. The highest BCUT2D eigenvalue weighted by Crippen LogP contribution is 2.31. The molecule has 0 amide bonds. The molecule has 0 aliphatic rings. The van der Waals surface area contributed by atoms with E-state index >= 15 is 0 Å². The van der Waals surface area contributed by atoms with Crippen LogP contribution < -0.4 is 4.74 Å². The maximum atomic E-state index is 13.2. The van der Waals surface area contributed by atoms with E-state index in [0.29, 0.717) is 34.5 Å². The number of benzene rings is 2. The number of esters is 1. The fourth-order valence-electron chi connectivity index (χ4n) is 2.56. The molecule has 5 heteroatoms. The Balaban J connectivity index is 2.08. The third kappa shape index (κ3) is 3.65. The molecule has 0 atom stereocenters. The Hall–Kier alpha value is -3.39. The lowest BCUT2D eigenvalue weighted by Crippen LogP contribution is -2.05. The van der Waals surface area contributed by atoms with Crippen LogP contribution in [-0.2, 0) is 4.74 Å². The molecule has 0 fully saturated rings. The Bertz CT molecular complexity index is 991. The van der Waals surface area contributed by atoms with Gasteiger partial charge in [0.2, 0.25) is 0 Å². The van der Waals surface area contributed by atoms with Gasteiger partial charge in [0.05, 0.1) is 23.4 Å². The zero-order valence-electron chi connectivity index (χ0n) is 14.2. The molecule has 0 aliphatic carbocycles. The van der Waals surface area contributed by atoms with E-state index in [-0.39, 0.29) is 12.4 Å². The molecule has 2 aromatic carbocycles. The molecule has 0 saturated heterocycles. The number of carbonyl (C=O) groups excluding carboxylic acids is 1. The fourth-order valence-corrected chi connectivity index (χ4v) is 2.56. The van der Waals surface area contributed by atoms with Crippen LogP contribution in [0.1, 0.15) is 17.3 Å². The molecule has 130 valence electrons. The molecule has 0 N–H and O–H groups in total. The van der Waals surface area contributed by atoms with Crippen molar-refractivity contribution in [1.82, 2.24) is 4.98 Å². The van der Waals surface area contributed by atoms with Crippen LogP contribution in [0.2, 0.25) is 0 Å². The summed E-state index contributed by atoms with van der Waals surface area (Å²) >= 11 is 0. The van der Waals surface area contributed by atoms with Crippen molar-refractivity contribution in [3.8, 4) is 29.4 Å². The Morgan fingerprint density at radius 3 is 2.65 bits per heavy atom. The topological polar surface area (TPSA) is 48.4 Å². The molecule has 4 nitrogen and oxygen atoms in total. The minimum absolute atomic E-state index is 0.0864. The highest BCUT2D eigenvalue weighted by Gasteiger charge is 2.13. The number of halogens is 1. The van der Waals surface area contributed by atoms with Crippen LogP contribution in [0, 0.1) is 18.2 Å². The molecule has 0 bridgehead atoms. The molecule has 0 spiro atoms. The van der Waals surface area contributed by atoms with E-state index in [1.54, 1.807) is 36.4 Å². The second-order valence-corrected chi connectivity index (χ2v) is 5.46. The first kappa shape index (κ1) is 17.4. The van der Waals surface area contributed by atoms with Crippen molar-refractivity contribution in [2.75, 3.05) is 13.2 Å². The van der Waals surface area contributed by atoms with E-state index in [4.69, 9.17) is 15.9 Å². The van der Waals surface area contributed by atoms with Crippen molar-refractivity contribution in [2.24, 2.45) is 0 Å². The monoisotopic (exact) mass is 349 g/mol. The molecule has 0 saturated carbocycles. The van der Waals surface area contributed by atoms with Crippen molar-refractivity contribution in [3.05, 3.63) is 59.9 Å². The molecule has 1 aromatic heterocycles. The van der Waals surface area contributed by atoms with Gasteiger partial charge in [-0.25, -0.2) is 14.2 Å². The SMILES string of the molecule is C#CCOC(=O)c1ccc2nc(-c3ccc(F)cc3)cc(OCC)c2c1. The Morgan fingerprint density at radius 1 is 1.19 bits per heavy atom. The summed E-state index contributed by atoms with van der Waals surface area (Å²) in [6.45, 7) is 2.24. The second kappa shape index (κ2) is 7.66. The molecular formula is C21H16FNO3. The zero-order chi connectivity index (χ0) is 18.5. The van der Waals surface area contributed by atoms with Gasteiger partial charge in [-0.3, -0.25) is 0 Å². The first-order valence-corrected chi connectivity index (χ1v) is 8.06. The van der Waals surface area contributed by atoms with E-state index in [2.05, 4.69) is 10.9 Å². The average molecular weight is 349 g/mol. The standard InChI is InChI=1S/C21H16FNO3/c1-3-11-26-21(24)15-7-10-18-17(12-15)20(25-4-2)13-19(23-18)14-5-8-16(22)9-6-14/h1,5-10,12-13H,4,11H2,2H3. The zero-order valence-corrected chi connectivity index (χ0v) is 14.2. The summed E-state index contributed by atoms with van der Waals surface area (Å²) in [5.41, 5.74) is 2.45. The lowest BCUT2D eigenvalue weighted by Gasteiger charge is -2.11. The van der Waals surface area contributed by atoms with E-state index in [1.165, 1.54) is 12.1 Å². The van der Waals surface area contributed by atoms with Crippen molar-refractivity contribution in [2.45, 2.75) is 6.92 Å². The van der Waals surface area contributed by atoms with Gasteiger partial charge >= 0.3 is 5.97 Å². The maximum Gasteiger partial charge on any atom is 0.339 e. The molecule has 3 aromatic rings. The van der Waals surface area contributed by atoms with Crippen molar-refractivity contribution in [3.63, 3.8) is 0 Å². The summed E-state index contributed by atoms with van der Waals surface area (Å²) in [7, 11) is 0. The fraction of sp³-hybridized carbons (Fsp3) is 0.143. The van der Waals surface area contributed by atoms with E-state index < -0.39 is 5.97 Å². The van der Waals surface area contributed by atoms with Gasteiger partial charge in [-0.2, -0.15) is 0 Å². The van der Waals surface area contributed by atoms with Gasteiger partial charge < -0.3 is 9.47 Å². The molecule has 0 unspecified atom stereocenters. The van der Waals surface area contributed by atoms with Crippen molar-refractivity contribution >= 4 is 16.9 Å². The first-order chi connectivity index (χ1) is 12.6. The summed E-state index contributed by atoms with van der Waals surface area (Å²) in [6.07, 6.45) is 5.11. The van der Waals surface area contributed by atoms with Crippen LogP contribution in [-0.4, -0.2) is 24.2 Å². The van der Waals surface area contributed by atoms with Gasteiger partial charge in [-0.1, -0.05) is 5.92 Å². The number of aromatic nitrogens is 1. The van der Waals surface area contributed by atoms with Crippen LogP contribution in [0.15, 0.2) is 48.5 Å². The van der Waals surface area contributed by atoms with Crippen LogP contribution in [0.25, 0.3) is 22.2 Å². The summed E-state index contributed by atoms with van der Waals surface area (Å²) < 4.78 is 23.8. The number of fused-ring (bicyclic) bond motifs is 1. The quantitative estimate of drug-likeness (QED) is 0.511. The normalized spacial score (nSPS) is 10.3. The number of nitrogens with zero attached hydrogens (tertiary/aromatic N) is 1. The summed E-state index contributed by atoms with van der Waals surface area (Å²) in [6, 6.07) is 12.9.